The van der Waals surface area contributed by atoms with E-state index in [1.54, 1.807) is 0 Å². The molecule has 0 bridgehead atoms. The average Bonchev–Trinajstić information content (AvgIpc) is 2.13. The number of halogens is 1. The number of rotatable bonds is 8. The summed E-state index contributed by atoms with van der Waals surface area (Å²) in [5, 5.41) is 0. The van der Waals surface area contributed by atoms with Gasteiger partial charge in [0.25, 0.3) is 0 Å². The van der Waals surface area contributed by atoms with Crippen LogP contribution < -0.4 is 0 Å². The van der Waals surface area contributed by atoms with Gasteiger partial charge in [-0.05, 0) is 32.8 Å². The Morgan fingerprint density at radius 1 is 1.23 bits per heavy atom. The summed E-state index contributed by atoms with van der Waals surface area (Å²) in [5.74, 6) is 0.707. The second-order valence-corrected chi connectivity index (χ2v) is 2.92. The van der Waals surface area contributed by atoms with Gasteiger partial charge >= 0.3 is 0 Å². The average molecular weight is 207 g/mol. The smallest absolute Gasteiger partial charge is 0.176 e. The number of hydrogen-bond acceptors (Lipinski definition) is 2. The largest absolute Gasteiger partial charge is 0.349 e. The van der Waals surface area contributed by atoms with Crippen LogP contribution in [0.4, 0.5) is 0 Å². The van der Waals surface area contributed by atoms with Gasteiger partial charge in [-0.25, -0.2) is 0 Å². The molecule has 0 rings (SSSR count). The number of ether oxygens (including phenoxy) is 2. The van der Waals surface area contributed by atoms with Gasteiger partial charge in [-0.15, -0.1) is 11.6 Å². The molecule has 0 unspecified atom stereocenters. The van der Waals surface area contributed by atoms with E-state index in [1.807, 2.05) is 19.9 Å². The molecular formula is C10H19ClO2. The molecule has 0 spiro atoms. The molecule has 0 heterocycles. The maximum absolute atomic E-state index is 5.54. The molecule has 0 aliphatic carbocycles. The maximum atomic E-state index is 5.54. The van der Waals surface area contributed by atoms with Gasteiger partial charge in [0, 0.05) is 19.1 Å². The molecule has 0 saturated carbocycles. The van der Waals surface area contributed by atoms with Crippen LogP contribution in [0, 0.1) is 0 Å². The summed E-state index contributed by atoms with van der Waals surface area (Å²) in [6.07, 6.45) is 5.80. The zero-order valence-electron chi connectivity index (χ0n) is 8.46. The van der Waals surface area contributed by atoms with Gasteiger partial charge in [0.1, 0.15) is 0 Å². The van der Waals surface area contributed by atoms with Gasteiger partial charge < -0.3 is 9.47 Å². The van der Waals surface area contributed by atoms with Crippen molar-refractivity contribution in [3.8, 4) is 0 Å². The molecule has 0 aromatic heterocycles. The van der Waals surface area contributed by atoms with Crippen LogP contribution >= 0.6 is 11.6 Å². The summed E-state index contributed by atoms with van der Waals surface area (Å²) in [6.45, 7) is 5.26. The highest BCUT2D eigenvalue weighted by Crippen LogP contribution is 2.00. The molecule has 0 aliphatic rings. The fourth-order valence-corrected chi connectivity index (χ4v) is 1.04. The van der Waals surface area contributed by atoms with Crippen molar-refractivity contribution in [2.45, 2.75) is 33.0 Å². The van der Waals surface area contributed by atoms with Crippen molar-refractivity contribution in [3.05, 3.63) is 12.2 Å². The number of allylic oxidation sites excluding steroid dienone is 1. The topological polar surface area (TPSA) is 18.5 Å². The van der Waals surface area contributed by atoms with E-state index in [0.29, 0.717) is 19.1 Å². The van der Waals surface area contributed by atoms with Crippen molar-refractivity contribution < 1.29 is 9.47 Å². The van der Waals surface area contributed by atoms with Crippen molar-refractivity contribution in [3.63, 3.8) is 0 Å². The number of alkyl halides is 1. The molecule has 0 aromatic carbocycles. The molecular weight excluding hydrogens is 188 g/mol. The Kier molecular flexibility index (Phi) is 10.00. The quantitative estimate of drug-likeness (QED) is 0.263. The molecule has 0 radical (unpaired) electrons. The van der Waals surface area contributed by atoms with E-state index in [1.165, 1.54) is 0 Å². The fourth-order valence-electron chi connectivity index (χ4n) is 0.890. The van der Waals surface area contributed by atoms with Gasteiger partial charge in [0.15, 0.2) is 6.29 Å². The van der Waals surface area contributed by atoms with E-state index in [-0.39, 0.29) is 6.29 Å². The lowest BCUT2D eigenvalue weighted by atomic mass is 10.3. The van der Waals surface area contributed by atoms with Gasteiger partial charge in [0.05, 0.1) is 0 Å². The van der Waals surface area contributed by atoms with Crippen LogP contribution in [0.5, 0.6) is 0 Å². The first-order chi connectivity index (χ1) is 6.35. The number of unbranched alkanes of at least 4 members (excludes halogenated alkanes) is 1. The Morgan fingerprint density at radius 2 is 1.85 bits per heavy atom. The lowest BCUT2D eigenvalue weighted by molar-refractivity contribution is -0.104. The lowest BCUT2D eigenvalue weighted by Crippen LogP contribution is -2.14. The van der Waals surface area contributed by atoms with E-state index in [2.05, 4.69) is 6.08 Å². The standard InChI is InChI=1S/C10H19ClO2/c1-3-12-10(13-4-2)8-6-5-7-9-11/h6,8,10H,3-5,7,9H2,1-2H3/b8-6+. The second kappa shape index (κ2) is 10.0. The summed E-state index contributed by atoms with van der Waals surface area (Å²) in [5.41, 5.74) is 0. The van der Waals surface area contributed by atoms with E-state index in [9.17, 15) is 0 Å². The molecule has 78 valence electrons. The first kappa shape index (κ1) is 12.9. The van der Waals surface area contributed by atoms with Crippen LogP contribution in [0.3, 0.4) is 0 Å². The molecule has 3 heteroatoms. The van der Waals surface area contributed by atoms with E-state index < -0.39 is 0 Å². The minimum Gasteiger partial charge on any atom is -0.349 e. The van der Waals surface area contributed by atoms with Crippen LogP contribution in [0.2, 0.25) is 0 Å². The summed E-state index contributed by atoms with van der Waals surface area (Å²) in [6, 6.07) is 0. The Bertz CT molecular complexity index is 120. The first-order valence-electron chi connectivity index (χ1n) is 4.81. The fraction of sp³-hybridized carbons (Fsp3) is 0.800. The third-order valence-corrected chi connectivity index (χ3v) is 1.73. The monoisotopic (exact) mass is 206 g/mol. The van der Waals surface area contributed by atoms with E-state index in [4.69, 9.17) is 21.1 Å². The summed E-state index contributed by atoms with van der Waals surface area (Å²) < 4.78 is 10.6. The molecule has 0 amide bonds. The van der Waals surface area contributed by atoms with Crippen molar-refractivity contribution in [2.24, 2.45) is 0 Å². The lowest BCUT2D eigenvalue weighted by Gasteiger charge is -2.12. The summed E-state index contributed by atoms with van der Waals surface area (Å²) in [7, 11) is 0. The SMILES string of the molecule is CCOC(/C=C/CCCCl)OCC. The van der Waals surface area contributed by atoms with Gasteiger partial charge in [-0.2, -0.15) is 0 Å². The van der Waals surface area contributed by atoms with Crippen LogP contribution in [-0.4, -0.2) is 25.4 Å². The van der Waals surface area contributed by atoms with Gasteiger partial charge in [-0.3, -0.25) is 0 Å². The predicted molar refractivity (Wildman–Crippen MR) is 56.1 cm³/mol. The Balaban J connectivity index is 3.58. The molecule has 13 heavy (non-hydrogen) atoms. The predicted octanol–water partition coefficient (Wildman–Crippen LogP) is 2.96. The van der Waals surface area contributed by atoms with Crippen molar-refractivity contribution >= 4 is 11.6 Å². The van der Waals surface area contributed by atoms with Crippen LogP contribution in [0.1, 0.15) is 26.7 Å². The molecule has 0 fully saturated rings. The van der Waals surface area contributed by atoms with Crippen LogP contribution in [0.15, 0.2) is 12.2 Å². The highest BCUT2D eigenvalue weighted by molar-refractivity contribution is 6.17. The molecule has 0 N–H and O–H groups in total. The zero-order chi connectivity index (χ0) is 9.94. The first-order valence-corrected chi connectivity index (χ1v) is 5.34. The molecule has 0 atom stereocenters. The molecule has 0 aromatic rings. The Hall–Kier alpha value is -0.0500. The van der Waals surface area contributed by atoms with Crippen LogP contribution in [-0.2, 0) is 9.47 Å². The van der Waals surface area contributed by atoms with Crippen molar-refractivity contribution in [1.29, 1.82) is 0 Å². The molecule has 0 saturated heterocycles. The van der Waals surface area contributed by atoms with Gasteiger partial charge in [0.2, 0.25) is 0 Å². The highest BCUT2D eigenvalue weighted by Gasteiger charge is 2.00. The summed E-state index contributed by atoms with van der Waals surface area (Å²) >= 11 is 5.54. The van der Waals surface area contributed by atoms with Crippen molar-refractivity contribution in [2.75, 3.05) is 19.1 Å². The van der Waals surface area contributed by atoms with E-state index in [0.717, 1.165) is 12.8 Å². The van der Waals surface area contributed by atoms with Gasteiger partial charge in [-0.1, -0.05) is 6.08 Å². The Labute approximate surface area is 85.9 Å². The highest BCUT2D eigenvalue weighted by atomic mass is 35.5. The minimum atomic E-state index is -0.190. The molecule has 0 aliphatic heterocycles. The second-order valence-electron chi connectivity index (χ2n) is 2.54. The summed E-state index contributed by atoms with van der Waals surface area (Å²) in [4.78, 5) is 0. The number of hydrogen-bond donors (Lipinski definition) is 0. The normalized spacial score (nSPS) is 11.7. The van der Waals surface area contributed by atoms with E-state index >= 15 is 0 Å². The molecule has 2 nitrogen and oxygen atoms in total. The maximum Gasteiger partial charge on any atom is 0.176 e. The third kappa shape index (κ3) is 8.28. The van der Waals surface area contributed by atoms with Crippen molar-refractivity contribution in [1.82, 2.24) is 0 Å². The minimum absolute atomic E-state index is 0.190. The zero-order valence-corrected chi connectivity index (χ0v) is 9.22. The van der Waals surface area contributed by atoms with Crippen LogP contribution in [0.25, 0.3) is 0 Å². The Morgan fingerprint density at radius 3 is 2.31 bits per heavy atom. The third-order valence-electron chi connectivity index (χ3n) is 1.46.